The number of benzene rings is 13. The van der Waals surface area contributed by atoms with Crippen LogP contribution in [0.15, 0.2) is 290 Å². The fourth-order valence-electron chi connectivity index (χ4n) is 13.0. The molecule has 13 aromatic carbocycles. The van der Waals surface area contributed by atoms with Crippen molar-refractivity contribution in [2.75, 3.05) is 0 Å². The van der Waals surface area contributed by atoms with Gasteiger partial charge in [0, 0.05) is 66.3 Å². The summed E-state index contributed by atoms with van der Waals surface area (Å²) in [4.78, 5) is 16.5. The van der Waals surface area contributed by atoms with E-state index in [9.17, 15) is 0 Å². The summed E-state index contributed by atoms with van der Waals surface area (Å²) in [6, 6.07) is 102. The molecule has 0 aliphatic rings. The molecule has 4 heterocycles. The summed E-state index contributed by atoms with van der Waals surface area (Å²) in [7, 11) is 0. The Bertz CT molecular complexity index is 5440. The first-order chi connectivity index (χ1) is 41.2. The molecule has 0 radical (unpaired) electrons. The fourth-order valence-corrected chi connectivity index (χ4v) is 13.0. The third-order valence-electron chi connectivity index (χ3n) is 16.8. The molecule has 0 spiro atoms. The molecule has 0 amide bonds. The van der Waals surface area contributed by atoms with E-state index < -0.39 is 0 Å². The van der Waals surface area contributed by atoms with Crippen molar-refractivity contribution in [3.63, 3.8) is 0 Å². The molecule has 0 unspecified atom stereocenters. The minimum Gasteiger partial charge on any atom is -0.456 e. The van der Waals surface area contributed by atoms with Crippen LogP contribution >= 0.6 is 0 Å². The highest BCUT2D eigenvalue weighted by atomic mass is 16.3. The lowest BCUT2D eigenvalue weighted by Gasteiger charge is -2.18. The van der Waals surface area contributed by atoms with E-state index >= 15 is 0 Å². The van der Waals surface area contributed by atoms with Crippen LogP contribution in [0.5, 0.6) is 0 Å². The molecule has 0 aliphatic heterocycles. The average molecular weight is 1060 g/mol. The molecule has 83 heavy (non-hydrogen) atoms. The van der Waals surface area contributed by atoms with E-state index in [2.05, 4.69) is 288 Å². The molecular weight excluding hydrogens is 1010 g/mol. The summed E-state index contributed by atoms with van der Waals surface area (Å²) in [6.07, 6.45) is 0. The standard InChI is InChI=1S/C77H47N5O/c1-3-20-48(21-4-1)49-40-42-51(43-41-49)75-78-76(61-34-18-38-68-73(61)60-32-14-16-37-67(60)81(68)54-26-5-2-6-27-54)80-77(79-75)62-35-19-39-71-74(62)65-46-64(58-30-12-11-29-57(58)56-33-17-25-50-22-9-10-28-55(50)56)70(47-72(65)83-71)82-66-36-15-13-31-59(66)63-44-52-23-7-8-24-53(52)45-69(63)82/h1-47H. The zero-order chi connectivity index (χ0) is 54.5. The predicted molar refractivity (Wildman–Crippen MR) is 343 cm³/mol. The van der Waals surface area contributed by atoms with Crippen LogP contribution in [0.1, 0.15) is 0 Å². The summed E-state index contributed by atoms with van der Waals surface area (Å²) in [5.74, 6) is 1.70. The molecule has 0 fully saturated rings. The third-order valence-corrected chi connectivity index (χ3v) is 16.8. The van der Waals surface area contributed by atoms with E-state index in [1.54, 1.807) is 0 Å². The van der Waals surface area contributed by atoms with Crippen LogP contribution in [0.4, 0.5) is 0 Å². The van der Waals surface area contributed by atoms with Crippen molar-refractivity contribution >= 4 is 87.1 Å². The van der Waals surface area contributed by atoms with Gasteiger partial charge in [0.1, 0.15) is 11.2 Å². The number of rotatable bonds is 8. The smallest absolute Gasteiger partial charge is 0.164 e. The second kappa shape index (κ2) is 18.7. The summed E-state index contributed by atoms with van der Waals surface area (Å²) >= 11 is 0. The van der Waals surface area contributed by atoms with Gasteiger partial charge in [-0.1, -0.05) is 224 Å². The van der Waals surface area contributed by atoms with Crippen molar-refractivity contribution in [3.05, 3.63) is 285 Å². The average Bonchev–Trinajstić information content (AvgIpc) is 2.45. The topological polar surface area (TPSA) is 61.7 Å². The predicted octanol–water partition coefficient (Wildman–Crippen LogP) is 20.3. The van der Waals surface area contributed by atoms with E-state index in [1.165, 1.54) is 37.9 Å². The zero-order valence-electron chi connectivity index (χ0n) is 44.8. The van der Waals surface area contributed by atoms with E-state index in [1.807, 2.05) is 6.07 Å². The molecule has 0 saturated heterocycles. The minimum absolute atomic E-state index is 0.547. The van der Waals surface area contributed by atoms with Crippen molar-refractivity contribution in [1.82, 2.24) is 24.1 Å². The Balaban J connectivity index is 0.945. The lowest BCUT2D eigenvalue weighted by atomic mass is 9.90. The molecule has 4 aromatic heterocycles. The molecule has 0 aliphatic carbocycles. The van der Waals surface area contributed by atoms with Gasteiger partial charge in [0.25, 0.3) is 0 Å². The number of hydrogen-bond acceptors (Lipinski definition) is 4. The molecule has 6 heteroatoms. The monoisotopic (exact) mass is 1060 g/mol. The summed E-state index contributed by atoms with van der Waals surface area (Å²) < 4.78 is 11.9. The van der Waals surface area contributed by atoms with Gasteiger partial charge in [0.15, 0.2) is 17.5 Å². The first-order valence-electron chi connectivity index (χ1n) is 28.2. The Labute approximate surface area is 477 Å². The number of fused-ring (bicyclic) bond motifs is 11. The van der Waals surface area contributed by atoms with Crippen LogP contribution in [0.25, 0.3) is 166 Å². The van der Waals surface area contributed by atoms with Gasteiger partial charge in [-0.15, -0.1) is 0 Å². The Morgan fingerprint density at radius 2 is 0.771 bits per heavy atom. The SMILES string of the molecule is c1ccc(-c2ccc(-c3nc(-c4cccc5oc6cc(-n7c8ccccc8c8cc9ccccc9cc87)c(-c7ccccc7-c7cccc8ccccc78)cc6c45)nc(-c4cccc5c4c4ccccc4n5-c4ccccc4)n3)cc2)cc1. The van der Waals surface area contributed by atoms with Crippen molar-refractivity contribution in [1.29, 1.82) is 0 Å². The van der Waals surface area contributed by atoms with Crippen molar-refractivity contribution in [2.24, 2.45) is 0 Å². The molecule has 386 valence electrons. The normalized spacial score (nSPS) is 11.9. The molecule has 6 nitrogen and oxygen atoms in total. The van der Waals surface area contributed by atoms with Gasteiger partial charge in [-0.25, -0.2) is 15.0 Å². The van der Waals surface area contributed by atoms with Crippen LogP contribution in [0.3, 0.4) is 0 Å². The fraction of sp³-hybridized carbons (Fsp3) is 0. The summed E-state index contributed by atoms with van der Waals surface area (Å²) in [6.45, 7) is 0. The van der Waals surface area contributed by atoms with Gasteiger partial charge < -0.3 is 13.6 Å². The van der Waals surface area contributed by atoms with E-state index in [4.69, 9.17) is 19.4 Å². The maximum atomic E-state index is 7.16. The van der Waals surface area contributed by atoms with Crippen LogP contribution in [-0.4, -0.2) is 24.1 Å². The number of para-hydroxylation sites is 3. The molecule has 17 aromatic rings. The number of furan rings is 1. The summed E-state index contributed by atoms with van der Waals surface area (Å²) in [5.41, 5.74) is 17.4. The van der Waals surface area contributed by atoms with E-state index in [-0.39, 0.29) is 0 Å². The van der Waals surface area contributed by atoms with E-state index in [0.717, 1.165) is 111 Å². The minimum atomic E-state index is 0.547. The van der Waals surface area contributed by atoms with Gasteiger partial charge in [0.2, 0.25) is 0 Å². The maximum absolute atomic E-state index is 7.16. The quantitative estimate of drug-likeness (QED) is 0.152. The van der Waals surface area contributed by atoms with E-state index in [0.29, 0.717) is 17.5 Å². The van der Waals surface area contributed by atoms with Gasteiger partial charge in [-0.2, -0.15) is 0 Å². The van der Waals surface area contributed by atoms with Gasteiger partial charge in [0.05, 0.1) is 27.8 Å². The van der Waals surface area contributed by atoms with Crippen LogP contribution in [0, 0.1) is 0 Å². The highest BCUT2D eigenvalue weighted by Gasteiger charge is 2.25. The largest absolute Gasteiger partial charge is 0.456 e. The summed E-state index contributed by atoms with van der Waals surface area (Å²) in [5, 5.41) is 11.2. The number of hydrogen-bond donors (Lipinski definition) is 0. The first kappa shape index (κ1) is 46.7. The zero-order valence-corrected chi connectivity index (χ0v) is 44.8. The molecule has 0 bridgehead atoms. The van der Waals surface area contributed by atoms with Crippen molar-refractivity contribution < 1.29 is 4.42 Å². The van der Waals surface area contributed by atoms with Crippen molar-refractivity contribution in [3.8, 4) is 78.9 Å². The van der Waals surface area contributed by atoms with Crippen LogP contribution in [0.2, 0.25) is 0 Å². The van der Waals surface area contributed by atoms with Crippen LogP contribution in [-0.2, 0) is 0 Å². The van der Waals surface area contributed by atoms with Crippen molar-refractivity contribution in [2.45, 2.75) is 0 Å². The van der Waals surface area contributed by atoms with Gasteiger partial charge in [-0.05, 0) is 104 Å². The highest BCUT2D eigenvalue weighted by Crippen LogP contribution is 2.47. The third kappa shape index (κ3) is 7.47. The lowest BCUT2D eigenvalue weighted by Crippen LogP contribution is -2.01. The second-order valence-electron chi connectivity index (χ2n) is 21.4. The second-order valence-corrected chi connectivity index (χ2v) is 21.4. The lowest BCUT2D eigenvalue weighted by molar-refractivity contribution is 0.668. The molecular formula is C77H47N5O. The van der Waals surface area contributed by atoms with Gasteiger partial charge in [-0.3, -0.25) is 0 Å². The Kier molecular flexibility index (Phi) is 10.5. The number of aromatic nitrogens is 5. The number of nitrogens with zero attached hydrogens (tertiary/aromatic N) is 5. The Hall–Kier alpha value is -11.2. The Morgan fingerprint density at radius 1 is 0.253 bits per heavy atom. The van der Waals surface area contributed by atoms with Gasteiger partial charge >= 0.3 is 0 Å². The molecule has 0 saturated carbocycles. The highest BCUT2D eigenvalue weighted by molar-refractivity contribution is 6.18. The molecule has 0 atom stereocenters. The Morgan fingerprint density at radius 3 is 1.54 bits per heavy atom. The first-order valence-corrected chi connectivity index (χ1v) is 28.2. The molecule has 0 N–H and O–H groups in total. The molecule has 17 rings (SSSR count). The van der Waals surface area contributed by atoms with Crippen LogP contribution < -0.4 is 0 Å². The maximum Gasteiger partial charge on any atom is 0.164 e.